The molecule has 0 bridgehead atoms. The SMILES string of the molecule is CC(N)=O.O=C1N=c2ccccc2=N1.O=S1C=Nc2ccccc21. The minimum Gasteiger partial charge on any atom is -0.370 e. The number of nitrogens with two attached hydrogens (primary N) is 1. The van der Waals surface area contributed by atoms with Crippen molar-refractivity contribution in [3.63, 3.8) is 0 Å². The van der Waals surface area contributed by atoms with Crippen molar-refractivity contribution >= 4 is 34.0 Å². The van der Waals surface area contributed by atoms with Crippen LogP contribution in [0.25, 0.3) is 0 Å². The Hall–Kier alpha value is -3.00. The number of para-hydroxylation sites is 3. The molecule has 0 fully saturated rings. The van der Waals surface area contributed by atoms with Gasteiger partial charge in [-0.25, -0.2) is 14.0 Å². The molecular formula is C16H14N4O3S. The molecule has 2 aromatic rings. The summed E-state index contributed by atoms with van der Waals surface area (Å²) in [6.45, 7) is 1.31. The number of nitrogens with zero attached hydrogens (tertiary/aromatic N) is 3. The molecule has 0 radical (unpaired) electrons. The highest BCUT2D eigenvalue weighted by molar-refractivity contribution is 7.99. The van der Waals surface area contributed by atoms with Gasteiger partial charge in [-0.15, -0.1) is 0 Å². The van der Waals surface area contributed by atoms with Crippen molar-refractivity contribution in [3.05, 3.63) is 59.2 Å². The number of fused-ring (bicyclic) bond motifs is 2. The number of urea groups is 1. The first-order valence-corrected chi connectivity index (χ1v) is 8.05. The molecule has 0 aromatic heterocycles. The number of primary amides is 1. The molecule has 0 saturated heterocycles. The van der Waals surface area contributed by atoms with E-state index in [-0.39, 0.29) is 5.91 Å². The van der Waals surface area contributed by atoms with E-state index in [2.05, 4.69) is 20.7 Å². The number of benzene rings is 2. The molecule has 0 aliphatic carbocycles. The fraction of sp³-hybridized carbons (Fsp3) is 0.0625. The van der Waals surface area contributed by atoms with Gasteiger partial charge in [0.25, 0.3) is 0 Å². The van der Waals surface area contributed by atoms with Crippen LogP contribution in [0.3, 0.4) is 0 Å². The fourth-order valence-electron chi connectivity index (χ4n) is 1.78. The first kappa shape index (κ1) is 17.4. The van der Waals surface area contributed by atoms with Crippen LogP contribution in [0.5, 0.6) is 0 Å². The summed E-state index contributed by atoms with van der Waals surface area (Å²) in [5, 5.41) is 1.35. The van der Waals surface area contributed by atoms with Crippen LogP contribution in [0.2, 0.25) is 0 Å². The molecule has 2 N–H and O–H groups in total. The molecule has 3 amide bonds. The van der Waals surface area contributed by atoms with Crippen LogP contribution in [0.15, 0.2) is 68.4 Å². The van der Waals surface area contributed by atoms with E-state index in [4.69, 9.17) is 0 Å². The maximum atomic E-state index is 11.0. The monoisotopic (exact) mass is 342 g/mol. The highest BCUT2D eigenvalue weighted by Crippen LogP contribution is 2.25. The molecule has 8 heteroatoms. The van der Waals surface area contributed by atoms with Crippen molar-refractivity contribution in [1.82, 2.24) is 0 Å². The van der Waals surface area contributed by atoms with Crippen LogP contribution >= 0.6 is 0 Å². The van der Waals surface area contributed by atoms with Gasteiger partial charge < -0.3 is 5.73 Å². The molecule has 1 unspecified atom stereocenters. The summed E-state index contributed by atoms with van der Waals surface area (Å²) in [5.74, 6) is -0.333. The summed E-state index contributed by atoms with van der Waals surface area (Å²) in [6, 6.07) is 14.2. The van der Waals surface area contributed by atoms with Gasteiger partial charge in [0, 0.05) is 6.92 Å². The van der Waals surface area contributed by atoms with Gasteiger partial charge >= 0.3 is 6.03 Å². The quantitative estimate of drug-likeness (QED) is 0.770. The van der Waals surface area contributed by atoms with Crippen LogP contribution in [0, 0.1) is 0 Å². The lowest BCUT2D eigenvalue weighted by Crippen LogP contribution is -2.19. The molecule has 0 spiro atoms. The van der Waals surface area contributed by atoms with E-state index in [0.717, 1.165) is 10.6 Å². The Labute approximate surface area is 140 Å². The molecule has 122 valence electrons. The van der Waals surface area contributed by atoms with Gasteiger partial charge in [-0.3, -0.25) is 4.79 Å². The third-order valence-corrected chi connectivity index (χ3v) is 3.76. The van der Waals surface area contributed by atoms with Gasteiger partial charge in [0.1, 0.15) is 0 Å². The average Bonchev–Trinajstić information content (AvgIpc) is 3.10. The van der Waals surface area contributed by atoms with Crippen molar-refractivity contribution in [3.8, 4) is 0 Å². The standard InChI is InChI=1S/C7H4N2O.C7H5NOS.C2H5NO/c10-7-8-5-3-1-2-4-6(5)9-7;9-10-5-8-6-3-1-2-4-7(6)10;1-2(3)4/h1-4H;1-5H;1H3,(H2,3,4). The number of aliphatic imine (C=N–C) groups is 1. The van der Waals surface area contributed by atoms with Crippen molar-refractivity contribution in [1.29, 1.82) is 0 Å². The Morgan fingerprint density at radius 3 is 2.04 bits per heavy atom. The highest BCUT2D eigenvalue weighted by atomic mass is 32.2. The summed E-state index contributed by atoms with van der Waals surface area (Å²) >= 11 is 0. The molecule has 0 saturated carbocycles. The number of hydrogen-bond donors (Lipinski definition) is 1. The second-order valence-electron chi connectivity index (χ2n) is 4.61. The number of hydrogen-bond acceptors (Lipinski definition) is 4. The van der Waals surface area contributed by atoms with Crippen LogP contribution in [0.4, 0.5) is 10.5 Å². The number of carbonyl (C=O) groups is 2. The molecular weight excluding hydrogens is 328 g/mol. The fourth-order valence-corrected chi connectivity index (χ4v) is 2.64. The largest absolute Gasteiger partial charge is 0.370 e. The molecule has 1 atom stereocenters. The maximum Gasteiger partial charge on any atom is 0.368 e. The molecule has 7 nitrogen and oxygen atoms in total. The lowest BCUT2D eigenvalue weighted by atomic mass is 10.3. The second kappa shape index (κ2) is 8.02. The van der Waals surface area contributed by atoms with E-state index in [1.54, 1.807) is 12.1 Å². The zero-order chi connectivity index (χ0) is 17.5. The minimum absolute atomic E-state index is 0.333. The van der Waals surface area contributed by atoms with E-state index in [1.807, 2.05) is 36.4 Å². The molecule has 2 aliphatic rings. The summed E-state index contributed by atoms with van der Waals surface area (Å²) in [6.07, 6.45) is 0. The van der Waals surface area contributed by atoms with Gasteiger partial charge in [-0.1, -0.05) is 24.3 Å². The topological polar surface area (TPSA) is 114 Å². The minimum atomic E-state index is -0.989. The van der Waals surface area contributed by atoms with Gasteiger partial charge in [-0.05, 0) is 24.3 Å². The molecule has 2 aromatic carbocycles. The third-order valence-electron chi connectivity index (χ3n) is 2.68. The lowest BCUT2D eigenvalue weighted by Gasteiger charge is -1.90. The number of amides is 3. The molecule has 24 heavy (non-hydrogen) atoms. The molecule has 4 rings (SSSR count). The molecule has 2 heterocycles. The van der Waals surface area contributed by atoms with E-state index in [1.165, 1.54) is 12.5 Å². The second-order valence-corrected chi connectivity index (χ2v) is 5.85. The summed E-state index contributed by atoms with van der Waals surface area (Å²) < 4.78 is 11.0. The first-order valence-electron chi connectivity index (χ1n) is 6.83. The van der Waals surface area contributed by atoms with Gasteiger partial charge in [0.2, 0.25) is 5.91 Å². The Morgan fingerprint density at radius 1 is 1.00 bits per heavy atom. The van der Waals surface area contributed by atoms with Crippen molar-refractivity contribution in [2.24, 2.45) is 20.7 Å². The smallest absolute Gasteiger partial charge is 0.368 e. The summed E-state index contributed by atoms with van der Waals surface area (Å²) in [7, 11) is -0.989. The Bertz CT molecular complexity index is 913. The number of carbonyl (C=O) groups excluding carboxylic acids is 2. The molecule has 2 aliphatic heterocycles. The van der Waals surface area contributed by atoms with E-state index in [9.17, 15) is 13.8 Å². The van der Waals surface area contributed by atoms with E-state index in [0.29, 0.717) is 10.7 Å². The summed E-state index contributed by atoms with van der Waals surface area (Å²) in [5.41, 5.74) is 6.77. The first-order chi connectivity index (χ1) is 11.5. The predicted octanol–water partition coefficient (Wildman–Crippen LogP) is 1.02. The Balaban J connectivity index is 0.000000143. The van der Waals surface area contributed by atoms with Crippen LogP contribution in [-0.2, 0) is 15.6 Å². The highest BCUT2D eigenvalue weighted by Gasteiger charge is 2.11. The van der Waals surface area contributed by atoms with E-state index < -0.39 is 16.8 Å². The van der Waals surface area contributed by atoms with Gasteiger partial charge in [0.15, 0.2) is 0 Å². The van der Waals surface area contributed by atoms with Gasteiger partial charge in [0.05, 0.1) is 37.6 Å². The van der Waals surface area contributed by atoms with Crippen LogP contribution in [-0.4, -0.2) is 21.7 Å². The van der Waals surface area contributed by atoms with Crippen molar-refractivity contribution in [2.75, 3.05) is 0 Å². The number of rotatable bonds is 0. The Kier molecular flexibility index (Phi) is 5.80. The summed E-state index contributed by atoms with van der Waals surface area (Å²) in [4.78, 5) is 31.9. The maximum absolute atomic E-state index is 11.0. The van der Waals surface area contributed by atoms with E-state index >= 15 is 0 Å². The van der Waals surface area contributed by atoms with Crippen molar-refractivity contribution < 1.29 is 13.8 Å². The van der Waals surface area contributed by atoms with Gasteiger partial charge in [-0.2, -0.15) is 9.98 Å². The van der Waals surface area contributed by atoms with Crippen LogP contribution < -0.4 is 16.4 Å². The zero-order valence-electron chi connectivity index (χ0n) is 12.7. The average molecular weight is 342 g/mol. The third kappa shape index (κ3) is 4.75. The zero-order valence-corrected chi connectivity index (χ0v) is 13.6. The lowest BCUT2D eigenvalue weighted by molar-refractivity contribution is -0.115. The predicted molar refractivity (Wildman–Crippen MR) is 90.0 cm³/mol. The Morgan fingerprint density at radius 2 is 1.50 bits per heavy atom. The van der Waals surface area contributed by atoms with Crippen molar-refractivity contribution in [2.45, 2.75) is 11.8 Å². The van der Waals surface area contributed by atoms with Crippen LogP contribution in [0.1, 0.15) is 6.92 Å². The normalized spacial score (nSPS) is 15.5.